The van der Waals surface area contributed by atoms with Crippen LogP contribution in [0.15, 0.2) is 88.7 Å². The largest absolute Gasteiger partial charge is 0.489 e. The van der Waals surface area contributed by atoms with Crippen molar-refractivity contribution in [3.8, 4) is 17.0 Å². The zero-order chi connectivity index (χ0) is 22.3. The van der Waals surface area contributed by atoms with Crippen molar-refractivity contribution in [3.05, 3.63) is 106 Å². The Kier molecular flexibility index (Phi) is 7.09. The number of nitrogens with zero attached hydrogens (tertiary/aromatic N) is 1. The molecule has 160 valence electrons. The van der Waals surface area contributed by atoms with Crippen LogP contribution >= 0.6 is 27.3 Å². The summed E-state index contributed by atoms with van der Waals surface area (Å²) in [6.45, 7) is 0.283. The predicted molar refractivity (Wildman–Crippen MR) is 130 cm³/mol. The molecule has 1 N–H and O–H groups in total. The molecule has 0 spiro atoms. The minimum atomic E-state index is -0.285. The summed E-state index contributed by atoms with van der Waals surface area (Å²) in [7, 11) is 0. The lowest BCUT2D eigenvalue weighted by molar-refractivity contribution is -0.111. The van der Waals surface area contributed by atoms with Crippen LogP contribution in [0.1, 0.15) is 11.1 Å². The van der Waals surface area contributed by atoms with Crippen molar-refractivity contribution >= 4 is 44.4 Å². The number of rotatable bonds is 7. The second kappa shape index (κ2) is 10.3. The minimum absolute atomic E-state index is 0.256. The van der Waals surface area contributed by atoms with Gasteiger partial charge in [0.1, 0.15) is 18.2 Å². The van der Waals surface area contributed by atoms with Gasteiger partial charge in [-0.1, -0.05) is 52.3 Å². The molecule has 4 aromatic rings. The number of amides is 1. The fraction of sp³-hybridized carbons (Fsp3) is 0.0400. The van der Waals surface area contributed by atoms with Crippen LogP contribution in [0.3, 0.4) is 0 Å². The van der Waals surface area contributed by atoms with E-state index >= 15 is 0 Å². The third kappa shape index (κ3) is 6.12. The molecule has 4 rings (SSSR count). The number of carbonyl (C=O) groups excluding carboxylic acids is 1. The Hall–Kier alpha value is -3.29. The van der Waals surface area contributed by atoms with Gasteiger partial charge in [0.2, 0.25) is 5.91 Å². The molecule has 1 amide bonds. The van der Waals surface area contributed by atoms with Crippen LogP contribution in [0, 0.1) is 5.82 Å². The molecule has 7 heteroatoms. The van der Waals surface area contributed by atoms with Crippen molar-refractivity contribution in [3.63, 3.8) is 0 Å². The molecule has 32 heavy (non-hydrogen) atoms. The molecule has 0 unspecified atom stereocenters. The third-order valence-corrected chi connectivity index (χ3v) is 5.76. The number of halogens is 2. The molecule has 0 saturated heterocycles. The Bertz CT molecular complexity index is 1240. The maximum Gasteiger partial charge on any atom is 0.250 e. The van der Waals surface area contributed by atoms with Gasteiger partial charge in [0, 0.05) is 21.5 Å². The first kappa shape index (κ1) is 21.9. The maximum absolute atomic E-state index is 13.2. The minimum Gasteiger partial charge on any atom is -0.489 e. The van der Waals surface area contributed by atoms with E-state index in [1.165, 1.54) is 29.5 Å². The Labute approximate surface area is 197 Å². The number of nitrogens with one attached hydrogen (secondary N) is 1. The van der Waals surface area contributed by atoms with Crippen LogP contribution in [-0.4, -0.2) is 10.9 Å². The zero-order valence-corrected chi connectivity index (χ0v) is 19.2. The summed E-state index contributed by atoms with van der Waals surface area (Å²) in [4.78, 5) is 16.7. The molecule has 0 fully saturated rings. The van der Waals surface area contributed by atoms with Crippen LogP contribution in [-0.2, 0) is 11.4 Å². The van der Waals surface area contributed by atoms with Gasteiger partial charge in [-0.2, -0.15) is 0 Å². The number of hydrogen-bond acceptors (Lipinski definition) is 4. The molecule has 1 aromatic heterocycles. The summed E-state index contributed by atoms with van der Waals surface area (Å²) >= 11 is 4.79. The van der Waals surface area contributed by atoms with Crippen LogP contribution in [0.4, 0.5) is 9.52 Å². The first-order valence-electron chi connectivity index (χ1n) is 9.73. The highest BCUT2D eigenvalue weighted by molar-refractivity contribution is 9.10. The molecule has 0 bridgehead atoms. The highest BCUT2D eigenvalue weighted by atomic mass is 79.9. The molecule has 3 aromatic carbocycles. The van der Waals surface area contributed by atoms with E-state index in [9.17, 15) is 9.18 Å². The van der Waals surface area contributed by atoms with Gasteiger partial charge in [0.25, 0.3) is 0 Å². The highest BCUT2D eigenvalue weighted by Gasteiger charge is 2.06. The number of aromatic nitrogens is 1. The number of thiazole rings is 1. The van der Waals surface area contributed by atoms with Gasteiger partial charge in [0.15, 0.2) is 5.13 Å². The summed E-state index contributed by atoms with van der Waals surface area (Å²) in [5.41, 5.74) is 3.42. The monoisotopic (exact) mass is 508 g/mol. The zero-order valence-electron chi connectivity index (χ0n) is 16.8. The van der Waals surface area contributed by atoms with Gasteiger partial charge in [-0.05, 0) is 53.6 Å². The molecule has 4 nitrogen and oxygen atoms in total. The van der Waals surface area contributed by atoms with Gasteiger partial charge in [0.05, 0.1) is 5.69 Å². The summed E-state index contributed by atoms with van der Waals surface area (Å²) in [5, 5.41) is 5.23. The van der Waals surface area contributed by atoms with Gasteiger partial charge in [-0.25, -0.2) is 9.37 Å². The van der Waals surface area contributed by atoms with Gasteiger partial charge >= 0.3 is 0 Å². The van der Waals surface area contributed by atoms with Gasteiger partial charge in [-0.15, -0.1) is 11.3 Å². The molecule has 0 radical (unpaired) electrons. The van der Waals surface area contributed by atoms with E-state index in [1.54, 1.807) is 12.1 Å². The van der Waals surface area contributed by atoms with Crippen LogP contribution in [0.25, 0.3) is 17.3 Å². The Morgan fingerprint density at radius 2 is 1.88 bits per heavy atom. The summed E-state index contributed by atoms with van der Waals surface area (Å²) in [6.07, 6.45) is 3.18. The Morgan fingerprint density at radius 3 is 2.62 bits per heavy atom. The molecule has 0 saturated carbocycles. The smallest absolute Gasteiger partial charge is 0.250 e. The highest BCUT2D eigenvalue weighted by Crippen LogP contribution is 2.26. The predicted octanol–water partition coefficient (Wildman–Crippen LogP) is 6.94. The van der Waals surface area contributed by atoms with Crippen molar-refractivity contribution in [2.75, 3.05) is 5.32 Å². The molecule has 0 atom stereocenters. The van der Waals surface area contributed by atoms with Crippen molar-refractivity contribution in [1.29, 1.82) is 0 Å². The van der Waals surface area contributed by atoms with E-state index in [1.807, 2.05) is 60.0 Å². The summed E-state index contributed by atoms with van der Waals surface area (Å²) in [6, 6.07) is 21.5. The van der Waals surface area contributed by atoms with E-state index in [0.717, 1.165) is 26.9 Å². The lowest BCUT2D eigenvalue weighted by Crippen LogP contribution is -2.07. The lowest BCUT2D eigenvalue weighted by Gasteiger charge is -2.06. The average molecular weight is 509 g/mol. The van der Waals surface area contributed by atoms with Crippen LogP contribution in [0.2, 0.25) is 0 Å². The van der Waals surface area contributed by atoms with Crippen molar-refractivity contribution in [1.82, 2.24) is 4.98 Å². The standard InChI is InChI=1S/C25H18BrFN2O2S/c26-20-9-7-19(8-10-20)23-16-32-25(28-23)29-24(30)13-6-17-4-11-22(12-5-17)31-15-18-2-1-3-21(27)14-18/h1-14,16H,15H2,(H,28,29,30)/b13-6+. The Morgan fingerprint density at radius 1 is 1.09 bits per heavy atom. The normalized spacial score (nSPS) is 10.9. The Balaban J connectivity index is 1.30. The summed E-state index contributed by atoms with van der Waals surface area (Å²) < 4.78 is 19.9. The van der Waals surface area contributed by atoms with Crippen molar-refractivity contribution < 1.29 is 13.9 Å². The fourth-order valence-corrected chi connectivity index (χ4v) is 3.86. The number of carbonyl (C=O) groups is 1. The van der Waals surface area contributed by atoms with E-state index in [2.05, 4.69) is 26.2 Å². The molecule has 1 heterocycles. The average Bonchev–Trinajstić information content (AvgIpc) is 3.26. The molecular weight excluding hydrogens is 491 g/mol. The quantitative estimate of drug-likeness (QED) is 0.275. The van der Waals surface area contributed by atoms with E-state index in [0.29, 0.717) is 10.9 Å². The molecule has 0 aliphatic rings. The topological polar surface area (TPSA) is 51.2 Å². The van der Waals surface area contributed by atoms with Crippen molar-refractivity contribution in [2.45, 2.75) is 6.61 Å². The maximum atomic E-state index is 13.2. The molecule has 0 aliphatic carbocycles. The van der Waals surface area contributed by atoms with E-state index in [-0.39, 0.29) is 18.3 Å². The molecule has 0 aliphatic heterocycles. The number of ether oxygens (including phenoxy) is 1. The van der Waals surface area contributed by atoms with Gasteiger partial charge in [-0.3, -0.25) is 10.1 Å². The second-order valence-corrected chi connectivity index (χ2v) is 8.63. The molecular formula is C25H18BrFN2O2S. The third-order valence-electron chi connectivity index (χ3n) is 4.48. The van der Waals surface area contributed by atoms with E-state index < -0.39 is 0 Å². The first-order valence-corrected chi connectivity index (χ1v) is 11.4. The van der Waals surface area contributed by atoms with Crippen LogP contribution < -0.4 is 10.1 Å². The second-order valence-electron chi connectivity index (χ2n) is 6.86. The van der Waals surface area contributed by atoms with Crippen LogP contribution in [0.5, 0.6) is 5.75 Å². The number of anilines is 1. The number of hydrogen-bond donors (Lipinski definition) is 1. The lowest BCUT2D eigenvalue weighted by atomic mass is 10.2. The van der Waals surface area contributed by atoms with E-state index in [4.69, 9.17) is 4.74 Å². The fourth-order valence-electron chi connectivity index (χ4n) is 2.87. The number of benzene rings is 3. The first-order chi connectivity index (χ1) is 15.5. The summed E-state index contributed by atoms with van der Waals surface area (Å²) in [5.74, 6) is 0.124. The van der Waals surface area contributed by atoms with Crippen molar-refractivity contribution in [2.24, 2.45) is 0 Å². The SMILES string of the molecule is O=C(/C=C/c1ccc(OCc2cccc(F)c2)cc1)Nc1nc(-c2ccc(Br)cc2)cs1. The van der Waals surface area contributed by atoms with Gasteiger partial charge < -0.3 is 4.74 Å².